The molecule has 0 aliphatic heterocycles. The van der Waals surface area contributed by atoms with Crippen LogP contribution in [0.2, 0.25) is 0 Å². The summed E-state index contributed by atoms with van der Waals surface area (Å²) in [7, 11) is 0. The maximum Gasteiger partial charge on any atom is 0.225 e. The van der Waals surface area contributed by atoms with Crippen LogP contribution in [-0.4, -0.2) is 32.7 Å². The van der Waals surface area contributed by atoms with Crippen molar-refractivity contribution in [1.82, 2.24) is 14.8 Å². The number of thioether (sulfide) groups is 2. The van der Waals surface area contributed by atoms with Crippen LogP contribution in [0.3, 0.4) is 0 Å². The summed E-state index contributed by atoms with van der Waals surface area (Å²) in [4.78, 5) is 14.6. The number of thiophene rings is 1. The topological polar surface area (TPSA) is 59.8 Å². The quantitative estimate of drug-likeness (QED) is 0.535. The van der Waals surface area contributed by atoms with E-state index in [1.54, 1.807) is 41.2 Å². The molecule has 1 N–H and O–H groups in total. The summed E-state index contributed by atoms with van der Waals surface area (Å²) in [5.41, 5.74) is 0.870. The number of benzene rings is 1. The molecule has 2 heterocycles. The number of amides is 1. The highest BCUT2D eigenvalue weighted by Crippen LogP contribution is 2.25. The Hall–Kier alpha value is -1.77. The molecule has 0 radical (unpaired) electrons. The van der Waals surface area contributed by atoms with Crippen molar-refractivity contribution in [2.24, 2.45) is 0 Å². The van der Waals surface area contributed by atoms with Gasteiger partial charge in [-0.2, -0.15) is 0 Å². The molecule has 136 valence electrons. The first-order valence-corrected chi connectivity index (χ1v) is 11.3. The molecule has 3 aromatic rings. The highest BCUT2D eigenvalue weighted by Gasteiger charge is 2.09. The fourth-order valence-corrected chi connectivity index (χ4v) is 4.52. The molecule has 0 unspecified atom stereocenters. The van der Waals surface area contributed by atoms with Crippen LogP contribution in [0, 0.1) is 0 Å². The normalized spacial score (nSPS) is 10.8. The van der Waals surface area contributed by atoms with E-state index < -0.39 is 0 Å². The lowest BCUT2D eigenvalue weighted by Gasteiger charge is -2.09. The molecule has 0 bridgehead atoms. The number of hydrogen-bond donors (Lipinski definition) is 1. The van der Waals surface area contributed by atoms with Gasteiger partial charge in [0.2, 0.25) is 5.91 Å². The van der Waals surface area contributed by atoms with E-state index in [-0.39, 0.29) is 5.91 Å². The summed E-state index contributed by atoms with van der Waals surface area (Å²) >= 11 is 4.95. The summed E-state index contributed by atoms with van der Waals surface area (Å²) < 4.78 is 2.05. The van der Waals surface area contributed by atoms with Crippen LogP contribution in [0.15, 0.2) is 58.2 Å². The van der Waals surface area contributed by atoms with Crippen molar-refractivity contribution >= 4 is 46.5 Å². The molecule has 8 heteroatoms. The molecular weight excluding hydrogens is 384 g/mol. The molecule has 5 nitrogen and oxygen atoms in total. The number of nitrogens with one attached hydrogen (secondary N) is 1. The van der Waals surface area contributed by atoms with Crippen molar-refractivity contribution in [3.63, 3.8) is 0 Å². The summed E-state index contributed by atoms with van der Waals surface area (Å²) in [6.45, 7) is 0.850. The lowest BCUT2D eigenvalue weighted by atomic mass is 10.3. The number of hydrogen-bond acceptors (Lipinski definition) is 6. The Morgan fingerprint density at radius 1 is 1.27 bits per heavy atom. The summed E-state index contributed by atoms with van der Waals surface area (Å²) in [5.74, 6) is 0.689. The zero-order chi connectivity index (χ0) is 18.2. The minimum absolute atomic E-state index is 0.0173. The van der Waals surface area contributed by atoms with Crippen LogP contribution < -0.4 is 5.32 Å². The van der Waals surface area contributed by atoms with Gasteiger partial charge in [-0.3, -0.25) is 4.79 Å². The van der Waals surface area contributed by atoms with Crippen molar-refractivity contribution in [1.29, 1.82) is 0 Å². The molecule has 26 heavy (non-hydrogen) atoms. The smallest absolute Gasteiger partial charge is 0.225 e. The Morgan fingerprint density at radius 2 is 2.15 bits per heavy atom. The Kier molecular flexibility index (Phi) is 7.16. The first kappa shape index (κ1) is 19.0. The number of carbonyl (C=O) groups excluding carboxylic acids is 1. The highest BCUT2D eigenvalue weighted by molar-refractivity contribution is 7.99. The Morgan fingerprint density at radius 3 is 2.96 bits per heavy atom. The number of nitrogens with zero attached hydrogens (tertiary/aromatic N) is 3. The van der Waals surface area contributed by atoms with Gasteiger partial charge in [-0.1, -0.05) is 30.0 Å². The van der Waals surface area contributed by atoms with Crippen LogP contribution in [-0.2, 0) is 17.8 Å². The fourth-order valence-electron chi connectivity index (χ4n) is 2.39. The van der Waals surface area contributed by atoms with E-state index in [4.69, 9.17) is 0 Å². The van der Waals surface area contributed by atoms with E-state index in [1.807, 2.05) is 35.1 Å². The lowest BCUT2D eigenvalue weighted by molar-refractivity contribution is -0.115. The van der Waals surface area contributed by atoms with Crippen molar-refractivity contribution in [3.05, 3.63) is 53.0 Å². The van der Waals surface area contributed by atoms with Gasteiger partial charge in [-0.05, 0) is 36.3 Å². The van der Waals surface area contributed by atoms with Gasteiger partial charge >= 0.3 is 0 Å². The maximum absolute atomic E-state index is 12.2. The average Bonchev–Trinajstić information content (AvgIpc) is 3.32. The minimum Gasteiger partial charge on any atom is -0.325 e. The molecule has 1 amide bonds. The molecule has 0 saturated heterocycles. The van der Waals surface area contributed by atoms with E-state index in [9.17, 15) is 4.79 Å². The second-order valence-electron chi connectivity index (χ2n) is 5.48. The number of carbonyl (C=O) groups is 1. The number of rotatable bonds is 9. The van der Waals surface area contributed by atoms with Crippen molar-refractivity contribution < 1.29 is 4.79 Å². The van der Waals surface area contributed by atoms with E-state index >= 15 is 0 Å². The van der Waals surface area contributed by atoms with Gasteiger partial charge in [-0.15, -0.1) is 33.3 Å². The predicted molar refractivity (Wildman–Crippen MR) is 110 cm³/mol. The zero-order valence-electron chi connectivity index (χ0n) is 14.4. The molecular formula is C18H20N4OS3. The Bertz CT molecular complexity index is 833. The number of para-hydroxylation sites is 1. The van der Waals surface area contributed by atoms with Gasteiger partial charge in [0.15, 0.2) is 5.16 Å². The maximum atomic E-state index is 12.2. The van der Waals surface area contributed by atoms with Crippen molar-refractivity contribution in [3.8, 4) is 0 Å². The zero-order valence-corrected chi connectivity index (χ0v) is 16.9. The van der Waals surface area contributed by atoms with E-state index in [2.05, 4.69) is 33.0 Å². The van der Waals surface area contributed by atoms with Crippen LogP contribution in [0.5, 0.6) is 0 Å². The first-order valence-electron chi connectivity index (χ1n) is 8.22. The van der Waals surface area contributed by atoms with Crippen LogP contribution in [0.25, 0.3) is 0 Å². The second-order valence-corrected chi connectivity index (χ2v) is 8.43. The standard InChI is InChI=1S/C18H20N4OS3/c1-24-16-7-3-2-6-15(16)20-17(23)9-12-26-18-21-19-13-22(18)10-8-14-5-4-11-25-14/h2-7,11,13H,8-10,12H2,1H3,(H,20,23). The lowest BCUT2D eigenvalue weighted by Crippen LogP contribution is -2.13. The highest BCUT2D eigenvalue weighted by atomic mass is 32.2. The van der Waals surface area contributed by atoms with E-state index in [0.717, 1.165) is 28.7 Å². The van der Waals surface area contributed by atoms with Gasteiger partial charge in [0, 0.05) is 28.5 Å². The molecule has 0 aliphatic rings. The Balaban J connectivity index is 1.46. The Labute approximate surface area is 165 Å². The molecule has 0 aliphatic carbocycles. The van der Waals surface area contributed by atoms with Gasteiger partial charge in [0.25, 0.3) is 0 Å². The molecule has 0 fully saturated rings. The minimum atomic E-state index is 0.0173. The van der Waals surface area contributed by atoms with Gasteiger partial charge in [0.05, 0.1) is 5.69 Å². The number of aromatic nitrogens is 3. The molecule has 1 aromatic carbocycles. The summed E-state index contributed by atoms with van der Waals surface area (Å²) in [5, 5.41) is 14.1. The summed E-state index contributed by atoms with van der Waals surface area (Å²) in [6, 6.07) is 12.0. The predicted octanol–water partition coefficient (Wildman–Crippen LogP) is 4.43. The number of anilines is 1. The fraction of sp³-hybridized carbons (Fsp3) is 0.278. The number of aryl methyl sites for hydroxylation is 2. The van der Waals surface area contributed by atoms with E-state index in [0.29, 0.717) is 12.2 Å². The van der Waals surface area contributed by atoms with Crippen molar-refractivity contribution in [2.45, 2.75) is 29.4 Å². The van der Waals surface area contributed by atoms with Crippen LogP contribution in [0.4, 0.5) is 5.69 Å². The third-order valence-corrected chi connectivity index (χ3v) is 6.42. The average molecular weight is 405 g/mol. The molecule has 0 saturated carbocycles. The van der Waals surface area contributed by atoms with E-state index in [1.165, 1.54) is 4.88 Å². The van der Waals surface area contributed by atoms with Crippen molar-refractivity contribution in [2.75, 3.05) is 17.3 Å². The van der Waals surface area contributed by atoms with Gasteiger partial charge in [0.1, 0.15) is 6.33 Å². The van der Waals surface area contributed by atoms with Crippen LogP contribution >= 0.6 is 34.9 Å². The molecule has 2 aromatic heterocycles. The first-order chi connectivity index (χ1) is 12.8. The second kappa shape index (κ2) is 9.80. The van der Waals surface area contributed by atoms with Crippen LogP contribution in [0.1, 0.15) is 11.3 Å². The van der Waals surface area contributed by atoms with Gasteiger partial charge < -0.3 is 9.88 Å². The third-order valence-electron chi connectivity index (χ3n) is 3.70. The van der Waals surface area contributed by atoms with Gasteiger partial charge in [-0.25, -0.2) is 0 Å². The monoisotopic (exact) mass is 404 g/mol. The largest absolute Gasteiger partial charge is 0.325 e. The SMILES string of the molecule is CSc1ccccc1NC(=O)CCSc1nncn1CCc1cccs1. The molecule has 0 atom stereocenters. The third kappa shape index (κ3) is 5.36. The summed E-state index contributed by atoms with van der Waals surface area (Å²) in [6.07, 6.45) is 5.16. The molecule has 0 spiro atoms. The molecule has 3 rings (SSSR count).